The highest BCUT2D eigenvalue weighted by molar-refractivity contribution is 6.06. The lowest BCUT2D eigenvalue weighted by Gasteiger charge is -2.49. The summed E-state index contributed by atoms with van der Waals surface area (Å²) in [4.78, 5) is 42.6. The van der Waals surface area contributed by atoms with Crippen LogP contribution in [0.1, 0.15) is 89.3 Å². The van der Waals surface area contributed by atoms with Crippen molar-refractivity contribution < 1.29 is 19.1 Å². The lowest BCUT2D eigenvalue weighted by molar-refractivity contribution is -0.120. The number of hydrogen-bond donors (Lipinski definition) is 1. The van der Waals surface area contributed by atoms with Crippen LogP contribution in [0.25, 0.3) is 0 Å². The molecule has 6 heteroatoms. The Morgan fingerprint density at radius 3 is 2.00 bits per heavy atom. The first-order valence-electron chi connectivity index (χ1n) is 15.2. The Hall–Kier alpha value is -3.67. The van der Waals surface area contributed by atoms with Gasteiger partial charge in [-0.2, -0.15) is 0 Å². The molecule has 0 radical (unpaired) electrons. The Balaban J connectivity index is 1.45. The van der Waals surface area contributed by atoms with Gasteiger partial charge in [-0.3, -0.25) is 14.4 Å². The Morgan fingerprint density at radius 1 is 0.881 bits per heavy atom. The summed E-state index contributed by atoms with van der Waals surface area (Å²) in [7, 11) is 0. The lowest BCUT2D eigenvalue weighted by atomic mass is 9.63. The minimum Gasteiger partial charge on any atom is -0.484 e. The molecule has 0 atom stereocenters. The van der Waals surface area contributed by atoms with Crippen LogP contribution in [0, 0.1) is 24.7 Å². The van der Waals surface area contributed by atoms with Gasteiger partial charge in [-0.1, -0.05) is 58.9 Å². The molecular formula is C36H44N2O4. The Labute approximate surface area is 250 Å². The molecule has 3 aliphatic rings. The number of nitrogens with one attached hydrogen (secondary N) is 1. The SMILES string of the molecule is CCCN1C2=C(C(=O)CC(C)(C)C2)C(c2ccc(OCC(=O)Nc3cccc(C)c3C)cc2)C2=C1CC(C)(C)CC2=O. The van der Waals surface area contributed by atoms with Crippen LogP contribution in [0.3, 0.4) is 0 Å². The van der Waals surface area contributed by atoms with Gasteiger partial charge in [-0.25, -0.2) is 0 Å². The van der Waals surface area contributed by atoms with Crippen LogP contribution in [0.4, 0.5) is 5.69 Å². The first-order chi connectivity index (χ1) is 19.8. The standard InChI is InChI=1S/C36H44N2O4/c1-8-16-38-27-17-35(4,5)19-29(39)33(27)32(34-28(38)18-36(6,7)20-30(34)40)24-12-14-25(15-13-24)42-21-31(41)37-26-11-9-10-22(2)23(26)3/h9-15,32H,8,16-21H2,1-7H3,(H,37,41). The molecule has 1 amide bonds. The Morgan fingerprint density at radius 2 is 1.45 bits per heavy atom. The number of Topliss-reactive ketones (excluding diaryl/α,β-unsaturated/α-hetero) is 2. The largest absolute Gasteiger partial charge is 0.484 e. The number of hydrogen-bond acceptors (Lipinski definition) is 5. The van der Waals surface area contributed by atoms with Gasteiger partial charge in [-0.15, -0.1) is 0 Å². The first kappa shape index (κ1) is 29.8. The zero-order valence-electron chi connectivity index (χ0n) is 26.1. The van der Waals surface area contributed by atoms with E-state index in [2.05, 4.69) is 44.8 Å². The van der Waals surface area contributed by atoms with Crippen molar-refractivity contribution >= 4 is 23.2 Å². The molecule has 0 saturated heterocycles. The third-order valence-electron chi connectivity index (χ3n) is 8.93. The average Bonchev–Trinajstić information content (AvgIpc) is 2.90. The van der Waals surface area contributed by atoms with Crippen molar-refractivity contribution in [3.8, 4) is 5.75 Å². The summed E-state index contributed by atoms with van der Waals surface area (Å²) < 4.78 is 5.83. The third-order valence-corrected chi connectivity index (χ3v) is 8.93. The van der Waals surface area contributed by atoms with Crippen molar-refractivity contribution in [2.24, 2.45) is 10.8 Å². The number of nitrogens with zero attached hydrogens (tertiary/aromatic N) is 1. The molecular weight excluding hydrogens is 524 g/mol. The summed E-state index contributed by atoms with van der Waals surface area (Å²) in [5, 5.41) is 2.93. The maximum atomic E-state index is 13.8. The third kappa shape index (κ3) is 5.81. The van der Waals surface area contributed by atoms with Gasteiger partial charge < -0.3 is 15.0 Å². The molecule has 0 bridgehead atoms. The number of ketones is 2. The van der Waals surface area contributed by atoms with Crippen LogP contribution in [0.2, 0.25) is 0 Å². The number of carbonyl (C=O) groups excluding carboxylic acids is 3. The predicted molar refractivity (Wildman–Crippen MR) is 166 cm³/mol. The van der Waals surface area contributed by atoms with E-state index < -0.39 is 0 Å². The maximum Gasteiger partial charge on any atom is 0.262 e. The second kappa shape index (κ2) is 11.2. The van der Waals surface area contributed by atoms with Gasteiger partial charge in [0.25, 0.3) is 5.91 Å². The van der Waals surface area contributed by atoms with Crippen molar-refractivity contribution in [1.82, 2.24) is 4.90 Å². The van der Waals surface area contributed by atoms with Crippen molar-refractivity contribution in [2.75, 3.05) is 18.5 Å². The highest BCUT2D eigenvalue weighted by Gasteiger charge is 2.48. The van der Waals surface area contributed by atoms with E-state index in [0.717, 1.165) is 70.7 Å². The van der Waals surface area contributed by atoms with Gasteiger partial charge in [0, 0.05) is 53.5 Å². The van der Waals surface area contributed by atoms with Gasteiger partial charge in [0.1, 0.15) is 5.75 Å². The molecule has 6 nitrogen and oxygen atoms in total. The van der Waals surface area contributed by atoms with Gasteiger partial charge in [0.05, 0.1) is 0 Å². The molecule has 0 fully saturated rings. The quantitative estimate of drug-likeness (QED) is 0.376. The normalized spacial score (nSPS) is 19.9. The number of allylic oxidation sites excluding steroid dienone is 4. The summed E-state index contributed by atoms with van der Waals surface area (Å²) in [6.45, 7) is 15.5. The molecule has 0 saturated carbocycles. The summed E-state index contributed by atoms with van der Waals surface area (Å²) in [5.41, 5.74) is 7.34. The highest BCUT2D eigenvalue weighted by atomic mass is 16.5. The number of aryl methyl sites for hydroxylation is 1. The topological polar surface area (TPSA) is 75.7 Å². The van der Waals surface area contributed by atoms with E-state index in [0.29, 0.717) is 18.6 Å². The van der Waals surface area contributed by atoms with Crippen molar-refractivity contribution in [2.45, 2.75) is 86.5 Å². The smallest absolute Gasteiger partial charge is 0.262 e. The second-order valence-electron chi connectivity index (χ2n) is 13.8. The zero-order chi connectivity index (χ0) is 30.4. The molecule has 222 valence electrons. The molecule has 2 aromatic rings. The van der Waals surface area contributed by atoms with Crippen LogP contribution < -0.4 is 10.1 Å². The van der Waals surface area contributed by atoms with E-state index in [1.807, 2.05) is 56.3 Å². The fourth-order valence-corrected chi connectivity index (χ4v) is 6.85. The minimum absolute atomic E-state index is 0.117. The monoisotopic (exact) mass is 568 g/mol. The van der Waals surface area contributed by atoms with E-state index in [-0.39, 0.29) is 40.8 Å². The number of amides is 1. The number of ether oxygens (including phenoxy) is 1. The molecule has 0 aromatic heterocycles. The van der Waals surface area contributed by atoms with Crippen LogP contribution in [-0.2, 0) is 14.4 Å². The maximum absolute atomic E-state index is 13.8. The fourth-order valence-electron chi connectivity index (χ4n) is 6.85. The highest BCUT2D eigenvalue weighted by Crippen LogP contribution is 2.54. The van der Waals surface area contributed by atoms with E-state index >= 15 is 0 Å². The molecule has 2 aliphatic carbocycles. The molecule has 2 aromatic carbocycles. The van der Waals surface area contributed by atoms with Crippen LogP contribution >= 0.6 is 0 Å². The number of benzene rings is 2. The molecule has 0 unspecified atom stereocenters. The van der Waals surface area contributed by atoms with Crippen molar-refractivity contribution in [1.29, 1.82) is 0 Å². The fraction of sp³-hybridized carbons (Fsp3) is 0.472. The predicted octanol–water partition coefficient (Wildman–Crippen LogP) is 7.42. The first-order valence-corrected chi connectivity index (χ1v) is 15.2. The van der Waals surface area contributed by atoms with Crippen molar-refractivity contribution in [3.63, 3.8) is 0 Å². The molecule has 0 spiro atoms. The van der Waals surface area contributed by atoms with Crippen LogP contribution in [0.15, 0.2) is 65.0 Å². The summed E-state index contributed by atoms with van der Waals surface area (Å²) in [5.74, 6) is 0.234. The summed E-state index contributed by atoms with van der Waals surface area (Å²) in [6, 6.07) is 13.4. The van der Waals surface area contributed by atoms with Crippen LogP contribution in [-0.4, -0.2) is 35.5 Å². The van der Waals surface area contributed by atoms with Gasteiger partial charge in [0.2, 0.25) is 0 Å². The number of carbonyl (C=O) groups is 3. The Kier molecular flexibility index (Phi) is 7.95. The summed E-state index contributed by atoms with van der Waals surface area (Å²) >= 11 is 0. The summed E-state index contributed by atoms with van der Waals surface area (Å²) in [6.07, 6.45) is 3.51. The lowest BCUT2D eigenvalue weighted by Crippen LogP contribution is -2.44. The molecule has 5 rings (SSSR count). The van der Waals surface area contributed by atoms with E-state index in [1.54, 1.807) is 0 Å². The van der Waals surface area contributed by atoms with Crippen LogP contribution in [0.5, 0.6) is 5.75 Å². The van der Waals surface area contributed by atoms with Gasteiger partial charge in [0.15, 0.2) is 18.2 Å². The van der Waals surface area contributed by atoms with E-state index in [9.17, 15) is 14.4 Å². The molecule has 42 heavy (non-hydrogen) atoms. The average molecular weight is 569 g/mol. The molecule has 1 aliphatic heterocycles. The van der Waals surface area contributed by atoms with E-state index in [4.69, 9.17) is 4.74 Å². The van der Waals surface area contributed by atoms with Gasteiger partial charge >= 0.3 is 0 Å². The minimum atomic E-state index is -0.378. The van der Waals surface area contributed by atoms with Crippen molar-refractivity contribution in [3.05, 3.63) is 81.7 Å². The molecule has 1 heterocycles. The van der Waals surface area contributed by atoms with Gasteiger partial charge in [-0.05, 0) is 78.8 Å². The Bertz CT molecular complexity index is 1440. The number of anilines is 1. The zero-order valence-corrected chi connectivity index (χ0v) is 26.1. The number of rotatable bonds is 7. The second-order valence-corrected chi connectivity index (χ2v) is 13.8. The molecule has 1 N–H and O–H groups in total. The van der Waals surface area contributed by atoms with E-state index in [1.165, 1.54) is 0 Å².